The standard InChI is InChI=1S/C21H25N3O6S/c1-29-18-4-2-3-16(13-18)23-31(27,28)19-7-5-17(6-8-19)30-14-20(25)24-11-9-15(10-12-24)21(22)26/h2-8,13,15,23H,9-12,14H2,1H3,(H2,22,26). The Morgan fingerprint density at radius 1 is 1.10 bits per heavy atom. The van der Waals surface area contributed by atoms with Crippen molar-refractivity contribution in [3.8, 4) is 11.5 Å². The van der Waals surface area contributed by atoms with Crippen molar-refractivity contribution in [3.63, 3.8) is 0 Å². The number of hydrogen-bond donors (Lipinski definition) is 2. The van der Waals surface area contributed by atoms with Crippen LogP contribution in [-0.4, -0.2) is 51.9 Å². The van der Waals surface area contributed by atoms with Crippen molar-refractivity contribution >= 4 is 27.5 Å². The van der Waals surface area contributed by atoms with Gasteiger partial charge in [-0.15, -0.1) is 0 Å². The van der Waals surface area contributed by atoms with Crippen molar-refractivity contribution in [1.82, 2.24) is 4.90 Å². The molecule has 0 aliphatic carbocycles. The average molecular weight is 448 g/mol. The Morgan fingerprint density at radius 3 is 2.39 bits per heavy atom. The van der Waals surface area contributed by atoms with Gasteiger partial charge in [0.1, 0.15) is 11.5 Å². The summed E-state index contributed by atoms with van der Waals surface area (Å²) in [6.45, 7) is 0.751. The van der Waals surface area contributed by atoms with Gasteiger partial charge in [-0.05, 0) is 49.2 Å². The van der Waals surface area contributed by atoms with Crippen LogP contribution in [0, 0.1) is 5.92 Å². The lowest BCUT2D eigenvalue weighted by atomic mass is 9.96. The zero-order chi connectivity index (χ0) is 22.4. The summed E-state index contributed by atoms with van der Waals surface area (Å²) in [6, 6.07) is 12.4. The van der Waals surface area contributed by atoms with E-state index in [2.05, 4.69) is 4.72 Å². The first-order chi connectivity index (χ1) is 14.8. The molecule has 1 heterocycles. The average Bonchev–Trinajstić information content (AvgIpc) is 2.77. The van der Waals surface area contributed by atoms with Crippen LogP contribution in [0.25, 0.3) is 0 Å². The maximum atomic E-state index is 12.6. The first kappa shape index (κ1) is 22.4. The number of ether oxygens (including phenoxy) is 2. The number of sulfonamides is 1. The third-order valence-corrected chi connectivity index (χ3v) is 6.47. The van der Waals surface area contributed by atoms with Crippen LogP contribution in [-0.2, 0) is 19.6 Å². The summed E-state index contributed by atoms with van der Waals surface area (Å²) in [6.07, 6.45) is 1.10. The molecule has 2 aromatic carbocycles. The van der Waals surface area contributed by atoms with E-state index in [1.807, 2.05) is 0 Å². The van der Waals surface area contributed by atoms with Gasteiger partial charge in [0.2, 0.25) is 5.91 Å². The molecule has 0 bridgehead atoms. The summed E-state index contributed by atoms with van der Waals surface area (Å²) < 4.78 is 38.2. The first-order valence-electron chi connectivity index (χ1n) is 9.75. The monoisotopic (exact) mass is 447 g/mol. The predicted octanol–water partition coefficient (Wildman–Crippen LogP) is 1.60. The summed E-state index contributed by atoms with van der Waals surface area (Å²) in [7, 11) is -2.29. The molecule has 31 heavy (non-hydrogen) atoms. The number of methoxy groups -OCH3 is 1. The molecule has 1 saturated heterocycles. The summed E-state index contributed by atoms with van der Waals surface area (Å²) in [5.41, 5.74) is 5.68. The number of nitrogens with two attached hydrogens (primary N) is 1. The highest BCUT2D eigenvalue weighted by Gasteiger charge is 2.26. The summed E-state index contributed by atoms with van der Waals surface area (Å²) in [4.78, 5) is 25.2. The summed E-state index contributed by atoms with van der Waals surface area (Å²) in [5, 5.41) is 0. The SMILES string of the molecule is COc1cccc(NS(=O)(=O)c2ccc(OCC(=O)N3CCC(C(N)=O)CC3)cc2)c1. The first-order valence-corrected chi connectivity index (χ1v) is 11.2. The molecular formula is C21H25N3O6S. The molecular weight excluding hydrogens is 422 g/mol. The van der Waals surface area contributed by atoms with Crippen molar-refractivity contribution in [2.45, 2.75) is 17.7 Å². The van der Waals surface area contributed by atoms with Gasteiger partial charge in [-0.1, -0.05) is 6.07 Å². The zero-order valence-corrected chi connectivity index (χ0v) is 17.9. The number of nitrogens with one attached hydrogen (secondary N) is 1. The lowest BCUT2D eigenvalue weighted by molar-refractivity contribution is -0.136. The largest absolute Gasteiger partial charge is 0.497 e. The quantitative estimate of drug-likeness (QED) is 0.633. The third-order valence-electron chi connectivity index (χ3n) is 5.07. The number of piperidine rings is 1. The van der Waals surface area contributed by atoms with Gasteiger partial charge in [0.15, 0.2) is 6.61 Å². The second-order valence-electron chi connectivity index (χ2n) is 7.15. The molecule has 0 saturated carbocycles. The van der Waals surface area contributed by atoms with E-state index in [0.717, 1.165) is 0 Å². The molecule has 10 heteroatoms. The smallest absolute Gasteiger partial charge is 0.261 e. The van der Waals surface area contributed by atoms with Gasteiger partial charge in [0.25, 0.3) is 15.9 Å². The molecule has 9 nitrogen and oxygen atoms in total. The fraction of sp³-hybridized carbons (Fsp3) is 0.333. The fourth-order valence-electron chi connectivity index (χ4n) is 3.27. The Balaban J connectivity index is 1.55. The van der Waals surface area contributed by atoms with E-state index >= 15 is 0 Å². The van der Waals surface area contributed by atoms with Gasteiger partial charge in [-0.2, -0.15) is 0 Å². The highest BCUT2D eigenvalue weighted by molar-refractivity contribution is 7.92. The maximum Gasteiger partial charge on any atom is 0.261 e. The number of likely N-dealkylation sites (tertiary alicyclic amines) is 1. The molecule has 166 valence electrons. The minimum Gasteiger partial charge on any atom is -0.497 e. The maximum absolute atomic E-state index is 12.6. The topological polar surface area (TPSA) is 128 Å². The molecule has 1 aliphatic heterocycles. The van der Waals surface area contributed by atoms with Gasteiger partial charge >= 0.3 is 0 Å². The Hall–Kier alpha value is -3.27. The molecule has 3 rings (SSSR count). The lowest BCUT2D eigenvalue weighted by Gasteiger charge is -2.30. The second-order valence-corrected chi connectivity index (χ2v) is 8.84. The van der Waals surface area contributed by atoms with E-state index in [1.54, 1.807) is 29.2 Å². The van der Waals surface area contributed by atoms with Gasteiger partial charge < -0.3 is 20.1 Å². The van der Waals surface area contributed by atoms with Crippen molar-refractivity contribution < 1.29 is 27.5 Å². The van der Waals surface area contributed by atoms with Crippen LogP contribution in [0.2, 0.25) is 0 Å². The molecule has 0 spiro atoms. The van der Waals surface area contributed by atoms with Crippen molar-refractivity contribution in [1.29, 1.82) is 0 Å². The highest BCUT2D eigenvalue weighted by atomic mass is 32.2. The van der Waals surface area contributed by atoms with Gasteiger partial charge in [-0.3, -0.25) is 14.3 Å². The van der Waals surface area contributed by atoms with E-state index in [1.165, 1.54) is 31.4 Å². The number of nitrogens with zero attached hydrogens (tertiary/aromatic N) is 1. The summed E-state index contributed by atoms with van der Waals surface area (Å²) in [5.74, 6) is 0.191. The predicted molar refractivity (Wildman–Crippen MR) is 114 cm³/mol. The van der Waals surface area contributed by atoms with E-state index in [9.17, 15) is 18.0 Å². The number of amides is 2. The van der Waals surface area contributed by atoms with Crippen LogP contribution in [0.5, 0.6) is 11.5 Å². The molecule has 1 aliphatic rings. The van der Waals surface area contributed by atoms with Crippen LogP contribution < -0.4 is 19.9 Å². The van der Waals surface area contributed by atoms with E-state index in [0.29, 0.717) is 43.1 Å². The Labute approximate surface area is 181 Å². The number of rotatable bonds is 8. The van der Waals surface area contributed by atoms with Crippen molar-refractivity contribution in [3.05, 3.63) is 48.5 Å². The van der Waals surface area contributed by atoms with E-state index in [4.69, 9.17) is 15.2 Å². The Kier molecular flexibility index (Phi) is 7.01. The number of primary amides is 1. The normalized spacial score (nSPS) is 14.7. The number of hydrogen-bond acceptors (Lipinski definition) is 6. The van der Waals surface area contributed by atoms with Gasteiger partial charge in [0.05, 0.1) is 17.7 Å². The van der Waals surface area contributed by atoms with Crippen LogP contribution in [0.1, 0.15) is 12.8 Å². The molecule has 1 fully saturated rings. The number of anilines is 1. The third kappa shape index (κ3) is 5.88. The van der Waals surface area contributed by atoms with E-state index in [-0.39, 0.29) is 29.2 Å². The minimum atomic E-state index is -3.79. The van der Waals surface area contributed by atoms with Crippen molar-refractivity contribution in [2.75, 3.05) is 31.5 Å². The molecule has 0 unspecified atom stereocenters. The molecule has 2 aromatic rings. The molecule has 0 aromatic heterocycles. The van der Waals surface area contributed by atoms with Crippen LogP contribution in [0.4, 0.5) is 5.69 Å². The van der Waals surface area contributed by atoms with Crippen LogP contribution in [0.3, 0.4) is 0 Å². The summed E-state index contributed by atoms with van der Waals surface area (Å²) >= 11 is 0. The second kappa shape index (κ2) is 9.69. The van der Waals surface area contributed by atoms with E-state index < -0.39 is 10.0 Å². The zero-order valence-electron chi connectivity index (χ0n) is 17.1. The van der Waals surface area contributed by atoms with Crippen LogP contribution >= 0.6 is 0 Å². The number of carbonyl (C=O) groups is 2. The highest BCUT2D eigenvalue weighted by Crippen LogP contribution is 2.22. The molecule has 3 N–H and O–H groups in total. The Bertz CT molecular complexity index is 1030. The van der Waals surface area contributed by atoms with Gasteiger partial charge in [0, 0.05) is 25.1 Å². The molecule has 2 amide bonds. The van der Waals surface area contributed by atoms with Crippen molar-refractivity contribution in [2.24, 2.45) is 11.7 Å². The number of carbonyl (C=O) groups excluding carboxylic acids is 2. The molecule has 0 radical (unpaired) electrons. The lowest BCUT2D eigenvalue weighted by Crippen LogP contribution is -2.43. The van der Waals surface area contributed by atoms with Gasteiger partial charge in [-0.25, -0.2) is 8.42 Å². The molecule has 0 atom stereocenters. The Morgan fingerprint density at radius 2 is 1.77 bits per heavy atom. The minimum absolute atomic E-state index is 0.0579. The van der Waals surface area contributed by atoms with Crippen LogP contribution in [0.15, 0.2) is 53.4 Å². The number of benzene rings is 2. The fourth-order valence-corrected chi connectivity index (χ4v) is 4.31.